The summed E-state index contributed by atoms with van der Waals surface area (Å²) in [5.41, 5.74) is 1.12. The summed E-state index contributed by atoms with van der Waals surface area (Å²) in [7, 11) is 3.98. The lowest BCUT2D eigenvalue weighted by molar-refractivity contribution is 0.122. The Morgan fingerprint density at radius 3 is 2.90 bits per heavy atom. The van der Waals surface area contributed by atoms with Crippen molar-refractivity contribution in [1.82, 2.24) is 24.8 Å². The number of piperidine rings is 1. The van der Waals surface area contributed by atoms with E-state index in [4.69, 9.17) is 9.72 Å². The molecule has 4 rings (SSSR count). The van der Waals surface area contributed by atoms with Crippen molar-refractivity contribution in [3.8, 4) is 0 Å². The zero-order valence-electron chi connectivity index (χ0n) is 18.7. The first-order chi connectivity index (χ1) is 15.2. The second kappa shape index (κ2) is 10.7. The molecule has 2 aromatic heterocycles. The number of rotatable bonds is 8. The van der Waals surface area contributed by atoms with E-state index >= 15 is 0 Å². The van der Waals surface area contributed by atoms with Crippen LogP contribution in [0.25, 0.3) is 0 Å². The maximum absolute atomic E-state index is 5.45. The first-order valence-corrected chi connectivity index (χ1v) is 11.3. The van der Waals surface area contributed by atoms with E-state index in [9.17, 15) is 0 Å². The van der Waals surface area contributed by atoms with Crippen molar-refractivity contribution in [2.24, 2.45) is 5.92 Å². The van der Waals surface area contributed by atoms with Gasteiger partial charge in [-0.3, -0.25) is 0 Å². The van der Waals surface area contributed by atoms with E-state index in [0.717, 1.165) is 82.2 Å². The summed E-state index contributed by atoms with van der Waals surface area (Å²) in [4.78, 5) is 25.0. The number of aromatic nitrogens is 4. The number of nitrogens with one attached hydrogen (secondary N) is 1. The molecule has 0 aromatic carbocycles. The van der Waals surface area contributed by atoms with Crippen molar-refractivity contribution < 1.29 is 4.74 Å². The van der Waals surface area contributed by atoms with Crippen molar-refractivity contribution in [2.45, 2.75) is 19.3 Å². The number of morpholine rings is 1. The summed E-state index contributed by atoms with van der Waals surface area (Å²) < 4.78 is 5.45. The highest BCUT2D eigenvalue weighted by Crippen LogP contribution is 2.21. The van der Waals surface area contributed by atoms with Crippen LogP contribution < -0.4 is 15.1 Å². The zero-order chi connectivity index (χ0) is 21.5. The predicted octanol–water partition coefficient (Wildman–Crippen LogP) is 1.54. The molecule has 0 bridgehead atoms. The molecule has 0 spiro atoms. The van der Waals surface area contributed by atoms with E-state index in [1.165, 1.54) is 12.8 Å². The molecular weight excluding hydrogens is 392 g/mol. The highest BCUT2D eigenvalue weighted by Gasteiger charge is 2.21. The van der Waals surface area contributed by atoms with Crippen LogP contribution >= 0.6 is 0 Å². The van der Waals surface area contributed by atoms with Crippen LogP contribution in [0.3, 0.4) is 0 Å². The van der Waals surface area contributed by atoms with Crippen molar-refractivity contribution in [3.63, 3.8) is 0 Å². The molecule has 9 nitrogen and oxygen atoms in total. The normalized spacial score (nSPS) is 19.9. The van der Waals surface area contributed by atoms with Gasteiger partial charge in [0.2, 0.25) is 5.95 Å². The van der Waals surface area contributed by atoms with Crippen molar-refractivity contribution in [1.29, 1.82) is 0 Å². The predicted molar refractivity (Wildman–Crippen MR) is 123 cm³/mol. The van der Waals surface area contributed by atoms with Crippen LogP contribution in [0.2, 0.25) is 0 Å². The lowest BCUT2D eigenvalue weighted by atomic mass is 9.93. The second-order valence-electron chi connectivity index (χ2n) is 8.39. The van der Waals surface area contributed by atoms with Gasteiger partial charge < -0.3 is 24.8 Å². The Bertz CT molecular complexity index is 829. The molecule has 2 saturated heterocycles. The summed E-state index contributed by atoms with van der Waals surface area (Å²) >= 11 is 0. The highest BCUT2D eigenvalue weighted by atomic mass is 16.5. The molecule has 1 unspecified atom stereocenters. The molecule has 168 valence electrons. The Morgan fingerprint density at radius 1 is 1.19 bits per heavy atom. The molecule has 2 aliphatic rings. The minimum Gasteiger partial charge on any atom is -0.378 e. The standard InChI is InChI=1S/C22H34N8O/c1-23-20-15-19(25-17-26-20)14-18-4-3-7-29(16-18)9-8-28(2)22-24-6-5-21(27-22)30-10-12-31-13-11-30/h5-6,15,17-18H,3-4,7-14,16H2,1-2H3,(H,23,25,26). The molecule has 2 aromatic rings. The topological polar surface area (TPSA) is 82.5 Å². The number of nitrogens with zero attached hydrogens (tertiary/aromatic N) is 7. The van der Waals surface area contributed by atoms with Gasteiger partial charge in [-0.25, -0.2) is 15.0 Å². The molecule has 2 aliphatic heterocycles. The summed E-state index contributed by atoms with van der Waals surface area (Å²) in [6.45, 7) is 7.49. The van der Waals surface area contributed by atoms with Gasteiger partial charge in [0.25, 0.3) is 0 Å². The molecule has 2 fully saturated rings. The fourth-order valence-electron chi connectivity index (χ4n) is 4.35. The third-order valence-electron chi connectivity index (χ3n) is 6.14. The van der Waals surface area contributed by atoms with E-state index < -0.39 is 0 Å². The van der Waals surface area contributed by atoms with Crippen LogP contribution in [0.1, 0.15) is 18.5 Å². The number of likely N-dealkylation sites (N-methyl/N-ethyl adjacent to an activating group) is 1. The van der Waals surface area contributed by atoms with Gasteiger partial charge in [0.15, 0.2) is 0 Å². The molecular formula is C22H34N8O. The minimum atomic E-state index is 0.638. The van der Waals surface area contributed by atoms with E-state index in [1.807, 2.05) is 19.3 Å². The zero-order valence-corrected chi connectivity index (χ0v) is 18.7. The highest BCUT2D eigenvalue weighted by molar-refractivity contribution is 5.43. The van der Waals surface area contributed by atoms with Gasteiger partial charge >= 0.3 is 0 Å². The number of hydrogen-bond donors (Lipinski definition) is 1. The lowest BCUT2D eigenvalue weighted by Crippen LogP contribution is -2.41. The Hall–Kier alpha value is -2.52. The average Bonchev–Trinajstić information content (AvgIpc) is 2.83. The molecule has 0 amide bonds. The molecule has 0 saturated carbocycles. The van der Waals surface area contributed by atoms with Crippen LogP contribution in [0.15, 0.2) is 24.7 Å². The number of hydrogen-bond acceptors (Lipinski definition) is 9. The van der Waals surface area contributed by atoms with Crippen LogP contribution in [0.4, 0.5) is 17.6 Å². The number of anilines is 3. The molecule has 0 aliphatic carbocycles. The van der Waals surface area contributed by atoms with Crippen LogP contribution in [0.5, 0.6) is 0 Å². The largest absolute Gasteiger partial charge is 0.378 e. The number of ether oxygens (including phenoxy) is 1. The van der Waals surface area contributed by atoms with Gasteiger partial charge in [-0.05, 0) is 37.8 Å². The van der Waals surface area contributed by atoms with Crippen molar-refractivity contribution in [2.75, 3.05) is 81.7 Å². The molecule has 4 heterocycles. The first kappa shape index (κ1) is 21.7. The summed E-state index contributed by atoms with van der Waals surface area (Å²) in [5, 5.41) is 3.10. The average molecular weight is 427 g/mol. The maximum Gasteiger partial charge on any atom is 0.227 e. The van der Waals surface area contributed by atoms with Gasteiger partial charge in [0.05, 0.1) is 13.2 Å². The van der Waals surface area contributed by atoms with Gasteiger partial charge in [0.1, 0.15) is 18.0 Å². The van der Waals surface area contributed by atoms with Crippen LogP contribution in [0, 0.1) is 5.92 Å². The van der Waals surface area contributed by atoms with Gasteiger partial charge in [-0.1, -0.05) is 0 Å². The Morgan fingerprint density at radius 2 is 2.06 bits per heavy atom. The maximum atomic E-state index is 5.45. The smallest absolute Gasteiger partial charge is 0.227 e. The third-order valence-corrected chi connectivity index (χ3v) is 6.14. The van der Waals surface area contributed by atoms with Gasteiger partial charge in [0, 0.05) is 64.8 Å². The fourth-order valence-corrected chi connectivity index (χ4v) is 4.35. The number of likely N-dealkylation sites (tertiary alicyclic amines) is 1. The summed E-state index contributed by atoms with van der Waals surface area (Å²) in [5.74, 6) is 3.31. The second-order valence-corrected chi connectivity index (χ2v) is 8.39. The molecule has 1 N–H and O–H groups in total. The Balaban J connectivity index is 1.28. The van der Waals surface area contributed by atoms with E-state index in [0.29, 0.717) is 5.92 Å². The molecule has 31 heavy (non-hydrogen) atoms. The summed E-state index contributed by atoms with van der Waals surface area (Å²) in [6.07, 6.45) is 7.02. The van der Waals surface area contributed by atoms with Crippen LogP contribution in [-0.4, -0.2) is 91.4 Å². The molecule has 9 heteroatoms. The first-order valence-electron chi connectivity index (χ1n) is 11.3. The minimum absolute atomic E-state index is 0.638. The van der Waals surface area contributed by atoms with E-state index in [-0.39, 0.29) is 0 Å². The van der Waals surface area contributed by atoms with Crippen molar-refractivity contribution >= 4 is 17.6 Å². The van der Waals surface area contributed by atoms with Crippen LogP contribution in [-0.2, 0) is 11.2 Å². The lowest BCUT2D eigenvalue weighted by Gasteiger charge is -2.34. The third kappa shape index (κ3) is 6.01. The van der Waals surface area contributed by atoms with E-state index in [1.54, 1.807) is 6.33 Å². The molecule has 0 radical (unpaired) electrons. The quantitative estimate of drug-likeness (QED) is 0.676. The van der Waals surface area contributed by atoms with E-state index in [2.05, 4.69) is 48.1 Å². The van der Waals surface area contributed by atoms with Gasteiger partial charge in [-0.2, -0.15) is 4.98 Å². The summed E-state index contributed by atoms with van der Waals surface area (Å²) in [6, 6.07) is 4.05. The molecule has 1 atom stereocenters. The van der Waals surface area contributed by atoms with Crippen molar-refractivity contribution in [3.05, 3.63) is 30.4 Å². The monoisotopic (exact) mass is 426 g/mol. The Labute approximate surface area is 184 Å². The fraction of sp³-hybridized carbons (Fsp3) is 0.636. The SMILES string of the molecule is CNc1cc(CC2CCCN(CCN(C)c3nccc(N4CCOCC4)n3)C2)ncn1. The Kier molecular flexibility index (Phi) is 7.48. The van der Waals surface area contributed by atoms with Gasteiger partial charge in [-0.15, -0.1) is 0 Å².